The molecular formula is C21H22N2O6. The fourth-order valence-electron chi connectivity index (χ4n) is 2.57. The first-order chi connectivity index (χ1) is 13.9. The Morgan fingerprint density at radius 1 is 1.03 bits per heavy atom. The van der Waals surface area contributed by atoms with Gasteiger partial charge in [0, 0.05) is 5.69 Å². The molecule has 0 bridgehead atoms. The van der Waals surface area contributed by atoms with Gasteiger partial charge in [0.25, 0.3) is 5.91 Å². The minimum atomic E-state index is -1.000. The van der Waals surface area contributed by atoms with Crippen LogP contribution in [-0.4, -0.2) is 39.3 Å². The Morgan fingerprint density at radius 2 is 1.62 bits per heavy atom. The van der Waals surface area contributed by atoms with Gasteiger partial charge < -0.3 is 24.3 Å². The maximum Gasteiger partial charge on any atom is 0.311 e. The fourth-order valence-corrected chi connectivity index (χ4v) is 2.57. The van der Waals surface area contributed by atoms with Gasteiger partial charge in [0.15, 0.2) is 17.6 Å². The molecule has 0 unspecified atom stereocenters. The highest BCUT2D eigenvalue weighted by atomic mass is 16.5. The topological polar surface area (TPSA) is 107 Å². The van der Waals surface area contributed by atoms with Crippen LogP contribution in [-0.2, 0) is 20.7 Å². The van der Waals surface area contributed by atoms with E-state index in [1.165, 1.54) is 28.3 Å². The molecule has 2 aromatic carbocycles. The highest BCUT2D eigenvalue weighted by Crippen LogP contribution is 2.38. The lowest BCUT2D eigenvalue weighted by molar-refractivity contribution is -0.152. The van der Waals surface area contributed by atoms with Crippen LogP contribution >= 0.6 is 0 Å². The zero-order valence-corrected chi connectivity index (χ0v) is 16.6. The summed E-state index contributed by atoms with van der Waals surface area (Å²) >= 11 is 0. The third-order valence-corrected chi connectivity index (χ3v) is 4.03. The summed E-state index contributed by atoms with van der Waals surface area (Å²) < 4.78 is 21.0. The van der Waals surface area contributed by atoms with Gasteiger partial charge in [-0.05, 0) is 48.9 Å². The quantitative estimate of drug-likeness (QED) is 0.681. The molecule has 29 heavy (non-hydrogen) atoms. The van der Waals surface area contributed by atoms with Crippen molar-refractivity contribution < 1.29 is 28.5 Å². The van der Waals surface area contributed by atoms with Crippen LogP contribution < -0.4 is 19.5 Å². The minimum Gasteiger partial charge on any atom is -0.493 e. The Hall–Kier alpha value is -3.73. The summed E-state index contributed by atoms with van der Waals surface area (Å²) in [5.74, 6) is 0.194. The summed E-state index contributed by atoms with van der Waals surface area (Å²) in [6.07, 6.45) is -1.08. The molecule has 2 aromatic rings. The van der Waals surface area contributed by atoms with Crippen LogP contribution in [0.2, 0.25) is 0 Å². The fraction of sp³-hybridized carbons (Fsp3) is 0.286. The molecule has 0 spiro atoms. The molecule has 0 aliphatic carbocycles. The van der Waals surface area contributed by atoms with Crippen molar-refractivity contribution in [1.82, 2.24) is 0 Å². The zero-order chi connectivity index (χ0) is 21.4. The predicted octanol–water partition coefficient (Wildman–Crippen LogP) is 2.70. The molecule has 0 aromatic heterocycles. The summed E-state index contributed by atoms with van der Waals surface area (Å²) in [6.45, 7) is 1.48. The van der Waals surface area contributed by atoms with Gasteiger partial charge in [0.05, 0.1) is 39.4 Å². The molecule has 0 heterocycles. The number of carbonyl (C=O) groups excluding carboxylic acids is 2. The Bertz CT molecular complexity index is 893. The number of hydrogen-bond acceptors (Lipinski definition) is 7. The molecule has 0 saturated heterocycles. The standard InChI is InChI=1S/C21H22N2O6/c1-13(21(25)23-16-7-5-14(12-22)6-8-16)29-19(24)11-15-9-17(26-2)20(28-4)18(10-15)27-3/h5-10,13H,11H2,1-4H3,(H,23,25)/t13-/m0/s1. The summed E-state index contributed by atoms with van der Waals surface area (Å²) in [7, 11) is 4.45. The molecule has 0 aliphatic heterocycles. The number of benzene rings is 2. The monoisotopic (exact) mass is 398 g/mol. The van der Waals surface area contributed by atoms with E-state index in [-0.39, 0.29) is 6.42 Å². The lowest BCUT2D eigenvalue weighted by atomic mass is 10.1. The summed E-state index contributed by atoms with van der Waals surface area (Å²) in [5.41, 5.74) is 1.57. The third-order valence-electron chi connectivity index (χ3n) is 4.03. The normalized spacial score (nSPS) is 11.0. The average Bonchev–Trinajstić information content (AvgIpc) is 2.73. The number of carbonyl (C=O) groups is 2. The van der Waals surface area contributed by atoms with Crippen molar-refractivity contribution in [3.05, 3.63) is 47.5 Å². The van der Waals surface area contributed by atoms with E-state index in [4.69, 9.17) is 24.2 Å². The van der Waals surface area contributed by atoms with Crippen LogP contribution in [0.4, 0.5) is 5.69 Å². The van der Waals surface area contributed by atoms with Crippen molar-refractivity contribution in [3.63, 3.8) is 0 Å². The second kappa shape index (κ2) is 9.99. The lowest BCUT2D eigenvalue weighted by Gasteiger charge is -2.15. The van der Waals surface area contributed by atoms with Crippen LogP contribution in [0.5, 0.6) is 17.2 Å². The van der Waals surface area contributed by atoms with Crippen molar-refractivity contribution in [1.29, 1.82) is 5.26 Å². The number of nitrogens with zero attached hydrogens (tertiary/aromatic N) is 1. The van der Waals surface area contributed by atoms with E-state index in [1.807, 2.05) is 6.07 Å². The molecule has 1 atom stereocenters. The lowest BCUT2D eigenvalue weighted by Crippen LogP contribution is -2.30. The molecule has 8 nitrogen and oxygen atoms in total. The van der Waals surface area contributed by atoms with Crippen LogP contribution in [0.3, 0.4) is 0 Å². The van der Waals surface area contributed by atoms with Gasteiger partial charge in [-0.1, -0.05) is 0 Å². The van der Waals surface area contributed by atoms with Crippen LogP contribution in [0.15, 0.2) is 36.4 Å². The minimum absolute atomic E-state index is 0.0782. The number of methoxy groups -OCH3 is 3. The van der Waals surface area contributed by atoms with Crippen molar-refractivity contribution in [2.45, 2.75) is 19.4 Å². The predicted molar refractivity (Wildman–Crippen MR) is 105 cm³/mol. The Labute approximate surface area is 168 Å². The number of nitrogens with one attached hydrogen (secondary N) is 1. The second-order valence-electron chi connectivity index (χ2n) is 6.02. The molecule has 1 N–H and O–H groups in total. The van der Waals surface area contributed by atoms with Gasteiger partial charge in [-0.15, -0.1) is 0 Å². The van der Waals surface area contributed by atoms with Crippen molar-refractivity contribution in [3.8, 4) is 23.3 Å². The summed E-state index contributed by atoms with van der Waals surface area (Å²) in [4.78, 5) is 24.5. The molecule has 0 aliphatic rings. The third kappa shape index (κ3) is 5.62. The maximum absolute atomic E-state index is 12.3. The molecule has 8 heteroatoms. The van der Waals surface area contributed by atoms with Crippen molar-refractivity contribution in [2.24, 2.45) is 0 Å². The first kappa shape index (κ1) is 21.6. The number of rotatable bonds is 8. The molecule has 0 radical (unpaired) electrons. The van der Waals surface area contributed by atoms with Crippen LogP contribution in [0.1, 0.15) is 18.1 Å². The van der Waals surface area contributed by atoms with E-state index >= 15 is 0 Å². The number of esters is 1. The average molecular weight is 398 g/mol. The van der Waals surface area contributed by atoms with Crippen LogP contribution in [0.25, 0.3) is 0 Å². The van der Waals surface area contributed by atoms with Gasteiger partial charge in [-0.3, -0.25) is 9.59 Å². The van der Waals surface area contributed by atoms with E-state index in [0.717, 1.165) is 0 Å². The Morgan fingerprint density at radius 3 is 2.10 bits per heavy atom. The first-order valence-corrected chi connectivity index (χ1v) is 8.71. The van der Waals surface area contributed by atoms with Crippen molar-refractivity contribution in [2.75, 3.05) is 26.6 Å². The van der Waals surface area contributed by atoms with E-state index in [2.05, 4.69) is 5.32 Å². The number of hydrogen-bond donors (Lipinski definition) is 1. The smallest absolute Gasteiger partial charge is 0.311 e. The second-order valence-corrected chi connectivity index (χ2v) is 6.02. The summed E-state index contributed by atoms with van der Waals surface area (Å²) in [6, 6.07) is 11.6. The highest BCUT2D eigenvalue weighted by Gasteiger charge is 2.20. The van der Waals surface area contributed by atoms with Gasteiger partial charge in [-0.2, -0.15) is 5.26 Å². The van der Waals surface area contributed by atoms with Gasteiger partial charge in [0.2, 0.25) is 5.75 Å². The largest absolute Gasteiger partial charge is 0.493 e. The molecule has 0 saturated carbocycles. The zero-order valence-electron chi connectivity index (χ0n) is 16.6. The Kier molecular flexibility index (Phi) is 7.43. The van der Waals surface area contributed by atoms with E-state index in [0.29, 0.717) is 34.1 Å². The number of ether oxygens (including phenoxy) is 4. The molecule has 1 amide bonds. The highest BCUT2D eigenvalue weighted by molar-refractivity contribution is 5.95. The molecular weight excluding hydrogens is 376 g/mol. The molecule has 152 valence electrons. The van der Waals surface area contributed by atoms with E-state index in [1.54, 1.807) is 36.4 Å². The molecule has 0 fully saturated rings. The summed E-state index contributed by atoms with van der Waals surface area (Å²) in [5, 5.41) is 11.4. The molecule has 2 rings (SSSR count). The SMILES string of the molecule is COc1cc(CC(=O)O[C@@H](C)C(=O)Nc2ccc(C#N)cc2)cc(OC)c1OC. The van der Waals surface area contributed by atoms with Crippen LogP contribution in [0, 0.1) is 11.3 Å². The number of nitriles is 1. The van der Waals surface area contributed by atoms with Gasteiger partial charge in [-0.25, -0.2) is 0 Å². The van der Waals surface area contributed by atoms with Gasteiger partial charge in [0.1, 0.15) is 0 Å². The Balaban J connectivity index is 2.00. The maximum atomic E-state index is 12.3. The van der Waals surface area contributed by atoms with Crippen molar-refractivity contribution >= 4 is 17.6 Å². The first-order valence-electron chi connectivity index (χ1n) is 8.71. The number of anilines is 1. The van der Waals surface area contributed by atoms with Gasteiger partial charge >= 0.3 is 5.97 Å². The number of amides is 1. The van der Waals surface area contributed by atoms with E-state index in [9.17, 15) is 9.59 Å². The van der Waals surface area contributed by atoms with E-state index < -0.39 is 18.0 Å².